The predicted molar refractivity (Wildman–Crippen MR) is 76.1 cm³/mol. The van der Waals surface area contributed by atoms with Gasteiger partial charge in [0.2, 0.25) is 0 Å². The number of aromatic carboxylic acids is 1. The molecule has 1 aromatic carbocycles. The van der Waals surface area contributed by atoms with Crippen molar-refractivity contribution in [2.45, 2.75) is 20.0 Å². The molecular weight excluding hydrogens is 279 g/mol. The van der Waals surface area contributed by atoms with Crippen LogP contribution in [0, 0.1) is 5.82 Å². The van der Waals surface area contributed by atoms with Gasteiger partial charge in [-0.05, 0) is 32.0 Å². The van der Waals surface area contributed by atoms with Gasteiger partial charge in [-0.15, -0.1) is 0 Å². The summed E-state index contributed by atoms with van der Waals surface area (Å²) in [5.74, 6) is -2.25. The molecule has 0 heterocycles. The fourth-order valence-electron chi connectivity index (χ4n) is 1.51. The van der Waals surface area contributed by atoms with E-state index in [9.17, 15) is 14.0 Å². The SMILES string of the molecule is CC(C)OCCN(C)C(=O)Nc1ccc(C(=O)O)c(F)c1. The Hall–Kier alpha value is -2.15. The minimum atomic E-state index is -1.35. The van der Waals surface area contributed by atoms with Gasteiger partial charge in [0, 0.05) is 19.3 Å². The Kier molecular flexibility index (Phi) is 6.10. The van der Waals surface area contributed by atoms with E-state index in [1.807, 2.05) is 13.8 Å². The highest BCUT2D eigenvalue weighted by molar-refractivity contribution is 5.91. The van der Waals surface area contributed by atoms with Crippen LogP contribution in [-0.4, -0.2) is 48.3 Å². The van der Waals surface area contributed by atoms with Crippen LogP contribution in [0.4, 0.5) is 14.9 Å². The lowest BCUT2D eigenvalue weighted by atomic mass is 10.2. The molecule has 0 unspecified atom stereocenters. The molecule has 0 bridgehead atoms. The molecule has 7 heteroatoms. The number of hydrogen-bond donors (Lipinski definition) is 2. The Morgan fingerprint density at radius 1 is 1.43 bits per heavy atom. The lowest BCUT2D eigenvalue weighted by molar-refractivity contribution is 0.0688. The number of ether oxygens (including phenoxy) is 1. The highest BCUT2D eigenvalue weighted by Gasteiger charge is 2.13. The number of benzene rings is 1. The summed E-state index contributed by atoms with van der Waals surface area (Å²) in [5.41, 5.74) is -0.245. The van der Waals surface area contributed by atoms with Gasteiger partial charge in [-0.3, -0.25) is 0 Å². The van der Waals surface area contributed by atoms with Gasteiger partial charge < -0.3 is 20.1 Å². The fraction of sp³-hybridized carbons (Fsp3) is 0.429. The van der Waals surface area contributed by atoms with E-state index in [1.54, 1.807) is 7.05 Å². The zero-order valence-electron chi connectivity index (χ0n) is 12.2. The van der Waals surface area contributed by atoms with Crippen LogP contribution in [0.15, 0.2) is 18.2 Å². The molecule has 0 fully saturated rings. The van der Waals surface area contributed by atoms with Gasteiger partial charge in [-0.2, -0.15) is 0 Å². The van der Waals surface area contributed by atoms with Gasteiger partial charge in [0.25, 0.3) is 0 Å². The molecule has 0 atom stereocenters. The second-order valence-electron chi connectivity index (χ2n) is 4.77. The topological polar surface area (TPSA) is 78.9 Å². The smallest absolute Gasteiger partial charge is 0.338 e. The minimum Gasteiger partial charge on any atom is -0.478 e. The van der Waals surface area contributed by atoms with Crippen molar-refractivity contribution < 1.29 is 23.8 Å². The highest BCUT2D eigenvalue weighted by Crippen LogP contribution is 2.15. The number of hydrogen-bond acceptors (Lipinski definition) is 3. The van der Waals surface area contributed by atoms with Crippen molar-refractivity contribution in [3.63, 3.8) is 0 Å². The second kappa shape index (κ2) is 7.58. The molecule has 0 spiro atoms. The quantitative estimate of drug-likeness (QED) is 0.845. The maximum atomic E-state index is 13.5. The van der Waals surface area contributed by atoms with Crippen LogP contribution in [0.25, 0.3) is 0 Å². The zero-order valence-corrected chi connectivity index (χ0v) is 12.2. The molecule has 116 valence electrons. The summed E-state index contributed by atoms with van der Waals surface area (Å²) in [7, 11) is 1.58. The number of amides is 2. The number of nitrogens with one attached hydrogen (secondary N) is 1. The average Bonchev–Trinajstić information content (AvgIpc) is 2.37. The molecule has 0 radical (unpaired) electrons. The summed E-state index contributed by atoms with van der Waals surface area (Å²) < 4.78 is 18.8. The van der Waals surface area contributed by atoms with Crippen LogP contribution >= 0.6 is 0 Å². The average molecular weight is 298 g/mol. The van der Waals surface area contributed by atoms with E-state index in [1.165, 1.54) is 11.0 Å². The first-order chi connectivity index (χ1) is 9.81. The Labute approximate surface area is 122 Å². The largest absolute Gasteiger partial charge is 0.478 e. The van der Waals surface area contributed by atoms with Crippen molar-refractivity contribution in [1.29, 1.82) is 0 Å². The Balaban J connectivity index is 2.58. The number of likely N-dealkylation sites (N-methyl/N-ethyl adjacent to an activating group) is 1. The molecule has 21 heavy (non-hydrogen) atoms. The standard InChI is InChI=1S/C14H19FN2O4/c1-9(2)21-7-6-17(3)14(20)16-10-4-5-11(13(18)19)12(15)8-10/h4-5,8-9H,6-7H2,1-3H3,(H,16,20)(H,18,19). The molecule has 0 saturated carbocycles. The van der Waals surface area contributed by atoms with Gasteiger partial charge in [-0.1, -0.05) is 0 Å². The monoisotopic (exact) mass is 298 g/mol. The number of halogens is 1. The lowest BCUT2D eigenvalue weighted by Crippen LogP contribution is -2.34. The first-order valence-corrected chi connectivity index (χ1v) is 6.47. The number of urea groups is 1. The third kappa shape index (κ3) is 5.39. The van der Waals surface area contributed by atoms with Crippen molar-refractivity contribution in [3.8, 4) is 0 Å². The van der Waals surface area contributed by atoms with Crippen molar-refractivity contribution in [2.24, 2.45) is 0 Å². The second-order valence-corrected chi connectivity index (χ2v) is 4.77. The van der Waals surface area contributed by atoms with Crippen LogP contribution in [0.5, 0.6) is 0 Å². The molecule has 0 saturated heterocycles. The van der Waals surface area contributed by atoms with Crippen molar-refractivity contribution in [3.05, 3.63) is 29.6 Å². The van der Waals surface area contributed by atoms with Gasteiger partial charge in [0.05, 0.1) is 18.3 Å². The zero-order chi connectivity index (χ0) is 16.0. The van der Waals surface area contributed by atoms with Crippen LogP contribution in [0.1, 0.15) is 24.2 Å². The Morgan fingerprint density at radius 2 is 2.10 bits per heavy atom. The summed E-state index contributed by atoms with van der Waals surface area (Å²) in [5, 5.41) is 11.2. The maximum Gasteiger partial charge on any atom is 0.338 e. The summed E-state index contributed by atoms with van der Waals surface area (Å²) in [6, 6.07) is 2.99. The molecule has 2 N–H and O–H groups in total. The first-order valence-electron chi connectivity index (χ1n) is 6.47. The Bertz CT molecular complexity index is 520. The van der Waals surface area contributed by atoms with Crippen LogP contribution in [0.3, 0.4) is 0 Å². The molecule has 1 rings (SSSR count). The van der Waals surface area contributed by atoms with Gasteiger partial charge in [0.1, 0.15) is 5.82 Å². The van der Waals surface area contributed by atoms with E-state index < -0.39 is 23.4 Å². The van der Waals surface area contributed by atoms with Crippen LogP contribution < -0.4 is 5.32 Å². The molecule has 0 aromatic heterocycles. The number of carbonyl (C=O) groups is 2. The number of carboxylic acids is 1. The molecule has 0 aliphatic heterocycles. The lowest BCUT2D eigenvalue weighted by Gasteiger charge is -2.18. The molecular formula is C14H19FN2O4. The van der Waals surface area contributed by atoms with Crippen LogP contribution in [0.2, 0.25) is 0 Å². The predicted octanol–water partition coefficient (Wildman–Crippen LogP) is 2.41. The van der Waals surface area contributed by atoms with Crippen LogP contribution in [-0.2, 0) is 4.74 Å². The maximum absolute atomic E-state index is 13.5. The molecule has 0 aliphatic carbocycles. The third-order valence-corrected chi connectivity index (χ3v) is 2.68. The van der Waals surface area contributed by atoms with Crippen molar-refractivity contribution >= 4 is 17.7 Å². The fourth-order valence-corrected chi connectivity index (χ4v) is 1.51. The summed E-state index contributed by atoms with van der Waals surface area (Å²) in [6.45, 7) is 4.58. The van der Waals surface area contributed by atoms with Gasteiger partial charge in [0.15, 0.2) is 0 Å². The molecule has 2 amide bonds. The number of nitrogens with zero attached hydrogens (tertiary/aromatic N) is 1. The number of carboxylic acid groups (broad SMARTS) is 1. The summed E-state index contributed by atoms with van der Waals surface area (Å²) >= 11 is 0. The highest BCUT2D eigenvalue weighted by atomic mass is 19.1. The summed E-state index contributed by atoms with van der Waals surface area (Å²) in [6.07, 6.45) is 0.0825. The van der Waals surface area contributed by atoms with E-state index in [2.05, 4.69) is 5.32 Å². The number of carbonyl (C=O) groups excluding carboxylic acids is 1. The Morgan fingerprint density at radius 3 is 2.62 bits per heavy atom. The normalized spacial score (nSPS) is 10.5. The molecule has 1 aromatic rings. The molecule has 0 aliphatic rings. The van der Waals surface area contributed by atoms with E-state index in [0.717, 1.165) is 12.1 Å². The van der Waals surface area contributed by atoms with Crippen molar-refractivity contribution in [1.82, 2.24) is 4.90 Å². The number of anilines is 1. The minimum absolute atomic E-state index is 0.0825. The van der Waals surface area contributed by atoms with E-state index in [-0.39, 0.29) is 11.8 Å². The molecule has 6 nitrogen and oxygen atoms in total. The summed E-state index contributed by atoms with van der Waals surface area (Å²) in [4.78, 5) is 23.9. The van der Waals surface area contributed by atoms with Gasteiger partial charge in [-0.25, -0.2) is 14.0 Å². The third-order valence-electron chi connectivity index (χ3n) is 2.68. The first kappa shape index (κ1) is 16.9. The van der Waals surface area contributed by atoms with E-state index in [4.69, 9.17) is 9.84 Å². The van der Waals surface area contributed by atoms with Gasteiger partial charge >= 0.3 is 12.0 Å². The van der Waals surface area contributed by atoms with E-state index >= 15 is 0 Å². The van der Waals surface area contributed by atoms with E-state index in [0.29, 0.717) is 13.2 Å². The number of rotatable bonds is 6. The van der Waals surface area contributed by atoms with Crippen molar-refractivity contribution in [2.75, 3.05) is 25.5 Å².